The summed E-state index contributed by atoms with van der Waals surface area (Å²) in [4.78, 5) is 54.9. The Balaban J connectivity index is 1.64. The minimum absolute atomic E-state index is 0.146. The first-order valence-electron chi connectivity index (χ1n) is 12.3. The number of halogens is 1. The summed E-state index contributed by atoms with van der Waals surface area (Å²) in [5.74, 6) is -2.70. The van der Waals surface area contributed by atoms with Crippen molar-refractivity contribution < 1.29 is 33.4 Å². The van der Waals surface area contributed by atoms with E-state index in [1.807, 2.05) is 0 Å². The summed E-state index contributed by atoms with van der Waals surface area (Å²) in [7, 11) is 1.48. The van der Waals surface area contributed by atoms with Crippen molar-refractivity contribution in [3.63, 3.8) is 0 Å². The predicted octanol–water partition coefficient (Wildman–Crippen LogP) is 2.97. The number of ether oxygens (including phenoxy) is 1. The van der Waals surface area contributed by atoms with Gasteiger partial charge in [0.2, 0.25) is 5.91 Å². The summed E-state index contributed by atoms with van der Waals surface area (Å²) in [6.07, 6.45) is 1.61. The van der Waals surface area contributed by atoms with Crippen LogP contribution in [-0.4, -0.2) is 65.0 Å². The van der Waals surface area contributed by atoms with Crippen LogP contribution in [0.4, 0.5) is 4.39 Å². The third-order valence-electron chi connectivity index (χ3n) is 6.94. The summed E-state index contributed by atoms with van der Waals surface area (Å²) < 4.78 is 18.7. The maximum atomic E-state index is 13.7. The number of benzene rings is 2. The van der Waals surface area contributed by atoms with Crippen LogP contribution in [0.5, 0.6) is 5.75 Å². The quantitative estimate of drug-likeness (QED) is 0.563. The van der Waals surface area contributed by atoms with E-state index in [4.69, 9.17) is 4.74 Å². The maximum absolute atomic E-state index is 13.7. The normalized spacial score (nSPS) is 18.5. The lowest BCUT2D eigenvalue weighted by atomic mass is 10.0. The molecule has 2 aromatic rings. The van der Waals surface area contributed by atoms with Gasteiger partial charge in [0, 0.05) is 24.6 Å². The molecule has 37 heavy (non-hydrogen) atoms. The van der Waals surface area contributed by atoms with Crippen LogP contribution in [0, 0.1) is 11.7 Å². The highest BCUT2D eigenvalue weighted by Gasteiger charge is 2.45. The fourth-order valence-corrected chi connectivity index (χ4v) is 5.05. The number of hydrogen-bond donors (Lipinski definition) is 2. The van der Waals surface area contributed by atoms with E-state index in [1.54, 1.807) is 24.3 Å². The molecule has 0 spiro atoms. The third kappa shape index (κ3) is 5.90. The average Bonchev–Trinajstić information content (AvgIpc) is 3.58. The Morgan fingerprint density at radius 2 is 1.73 bits per heavy atom. The van der Waals surface area contributed by atoms with Gasteiger partial charge in [-0.05, 0) is 48.7 Å². The van der Waals surface area contributed by atoms with E-state index in [9.17, 15) is 28.7 Å². The monoisotopic (exact) mass is 511 g/mol. The summed E-state index contributed by atoms with van der Waals surface area (Å²) >= 11 is 0. The van der Waals surface area contributed by atoms with Crippen molar-refractivity contribution in [2.24, 2.45) is 5.92 Å². The van der Waals surface area contributed by atoms with Gasteiger partial charge in [-0.25, -0.2) is 4.39 Å². The van der Waals surface area contributed by atoms with Crippen LogP contribution in [-0.2, 0) is 14.4 Å². The molecular formula is C27H30FN3O6. The van der Waals surface area contributed by atoms with E-state index < -0.39 is 42.2 Å². The van der Waals surface area contributed by atoms with E-state index >= 15 is 0 Å². The molecule has 1 aliphatic carbocycles. The van der Waals surface area contributed by atoms with E-state index in [0.717, 1.165) is 25.7 Å². The molecule has 2 unspecified atom stereocenters. The standard InChI is InChI=1S/C27H30FN3O6/c1-37-21-8-4-7-19(15-21)27(36)31-14-13-30(26(35)18-5-2-3-6-18)25(31)24(34)29-22(16-23(32)33)17-9-11-20(28)12-10-17/h4,7-12,15,18,22,25H,2-3,5-6,13-14,16H2,1H3,(H,29,34)(H,32,33). The molecule has 4 rings (SSSR count). The van der Waals surface area contributed by atoms with Crippen LogP contribution >= 0.6 is 0 Å². The van der Waals surface area contributed by atoms with Gasteiger partial charge in [0.15, 0.2) is 6.17 Å². The van der Waals surface area contributed by atoms with Gasteiger partial charge in [-0.2, -0.15) is 0 Å². The Morgan fingerprint density at radius 3 is 2.38 bits per heavy atom. The van der Waals surface area contributed by atoms with Crippen molar-refractivity contribution >= 4 is 23.7 Å². The Labute approximate surface area is 214 Å². The molecule has 3 amide bonds. The number of hydrogen-bond acceptors (Lipinski definition) is 5. The zero-order valence-electron chi connectivity index (χ0n) is 20.6. The minimum atomic E-state index is -1.25. The lowest BCUT2D eigenvalue weighted by molar-refractivity contribution is -0.145. The molecule has 1 saturated carbocycles. The average molecular weight is 512 g/mol. The number of nitrogens with zero attached hydrogens (tertiary/aromatic N) is 2. The number of nitrogens with one attached hydrogen (secondary N) is 1. The van der Waals surface area contributed by atoms with E-state index in [1.165, 1.54) is 41.2 Å². The molecule has 0 radical (unpaired) electrons. The first-order valence-corrected chi connectivity index (χ1v) is 12.3. The smallest absolute Gasteiger partial charge is 0.305 e. The third-order valence-corrected chi connectivity index (χ3v) is 6.94. The molecule has 2 N–H and O–H groups in total. The lowest BCUT2D eigenvalue weighted by Gasteiger charge is -2.32. The molecule has 196 valence electrons. The van der Waals surface area contributed by atoms with Gasteiger partial charge in [-0.1, -0.05) is 31.0 Å². The van der Waals surface area contributed by atoms with Crippen LogP contribution in [0.15, 0.2) is 48.5 Å². The number of amides is 3. The van der Waals surface area contributed by atoms with Crippen LogP contribution in [0.1, 0.15) is 54.1 Å². The fraction of sp³-hybridized carbons (Fsp3) is 0.407. The van der Waals surface area contributed by atoms with Gasteiger partial charge < -0.3 is 25.0 Å². The SMILES string of the molecule is COc1cccc(C(=O)N2CCN(C(=O)C3CCCC3)C2C(=O)NC(CC(=O)O)c2ccc(F)cc2)c1. The Kier molecular flexibility index (Phi) is 8.05. The first kappa shape index (κ1) is 26.1. The Morgan fingerprint density at radius 1 is 1.05 bits per heavy atom. The van der Waals surface area contributed by atoms with Gasteiger partial charge in [0.05, 0.1) is 19.6 Å². The summed E-state index contributed by atoms with van der Waals surface area (Å²) in [5, 5.41) is 12.1. The van der Waals surface area contributed by atoms with Gasteiger partial charge in [-0.15, -0.1) is 0 Å². The van der Waals surface area contributed by atoms with Crippen molar-refractivity contribution in [3.8, 4) is 5.75 Å². The second-order valence-corrected chi connectivity index (χ2v) is 9.33. The van der Waals surface area contributed by atoms with Gasteiger partial charge in [0.25, 0.3) is 11.8 Å². The number of carboxylic acids is 1. The van der Waals surface area contributed by atoms with Crippen LogP contribution in [0.2, 0.25) is 0 Å². The topological polar surface area (TPSA) is 116 Å². The maximum Gasteiger partial charge on any atom is 0.305 e. The van der Waals surface area contributed by atoms with Crippen molar-refractivity contribution in [1.82, 2.24) is 15.1 Å². The number of rotatable bonds is 8. The fourth-order valence-electron chi connectivity index (χ4n) is 5.05. The molecule has 2 aliphatic rings. The number of aliphatic carboxylic acids is 1. The number of carbonyl (C=O) groups excluding carboxylic acids is 3. The molecule has 10 heteroatoms. The highest BCUT2D eigenvalue weighted by atomic mass is 19.1. The molecule has 2 aromatic carbocycles. The van der Waals surface area contributed by atoms with Gasteiger partial charge in [-0.3, -0.25) is 19.2 Å². The first-order chi connectivity index (χ1) is 17.8. The van der Waals surface area contributed by atoms with Crippen LogP contribution in [0.3, 0.4) is 0 Å². The largest absolute Gasteiger partial charge is 0.497 e. The van der Waals surface area contributed by atoms with Crippen molar-refractivity contribution in [2.45, 2.75) is 44.3 Å². The van der Waals surface area contributed by atoms with Crippen molar-refractivity contribution in [3.05, 3.63) is 65.5 Å². The number of methoxy groups -OCH3 is 1. The summed E-state index contributed by atoms with van der Waals surface area (Å²) in [6, 6.07) is 10.7. The summed E-state index contributed by atoms with van der Waals surface area (Å²) in [5.41, 5.74) is 0.697. The minimum Gasteiger partial charge on any atom is -0.497 e. The number of carbonyl (C=O) groups is 4. The summed E-state index contributed by atoms with van der Waals surface area (Å²) in [6.45, 7) is 0.329. The number of carboxylic acid groups (broad SMARTS) is 1. The zero-order valence-corrected chi connectivity index (χ0v) is 20.6. The molecule has 1 saturated heterocycles. The van der Waals surface area contributed by atoms with Crippen LogP contribution in [0.25, 0.3) is 0 Å². The highest BCUT2D eigenvalue weighted by Crippen LogP contribution is 2.30. The second-order valence-electron chi connectivity index (χ2n) is 9.33. The Bertz CT molecular complexity index is 1160. The predicted molar refractivity (Wildman–Crippen MR) is 131 cm³/mol. The van der Waals surface area contributed by atoms with E-state index in [0.29, 0.717) is 16.9 Å². The lowest BCUT2D eigenvalue weighted by Crippen LogP contribution is -2.55. The molecular weight excluding hydrogens is 481 g/mol. The van der Waals surface area contributed by atoms with E-state index in [2.05, 4.69) is 5.32 Å². The van der Waals surface area contributed by atoms with Crippen LogP contribution < -0.4 is 10.1 Å². The van der Waals surface area contributed by atoms with E-state index in [-0.39, 0.29) is 24.9 Å². The second kappa shape index (κ2) is 11.4. The van der Waals surface area contributed by atoms with Crippen molar-refractivity contribution in [1.29, 1.82) is 0 Å². The molecule has 1 aliphatic heterocycles. The Hall–Kier alpha value is -3.95. The highest BCUT2D eigenvalue weighted by molar-refractivity contribution is 5.99. The van der Waals surface area contributed by atoms with Crippen molar-refractivity contribution in [2.75, 3.05) is 20.2 Å². The molecule has 0 aromatic heterocycles. The van der Waals surface area contributed by atoms with Gasteiger partial charge in [0.1, 0.15) is 11.6 Å². The van der Waals surface area contributed by atoms with Gasteiger partial charge >= 0.3 is 5.97 Å². The molecule has 0 bridgehead atoms. The molecule has 9 nitrogen and oxygen atoms in total. The molecule has 2 atom stereocenters. The molecule has 2 fully saturated rings. The molecule has 1 heterocycles. The zero-order chi connectivity index (χ0) is 26.5.